The Balaban J connectivity index is 1.32. The van der Waals surface area contributed by atoms with Crippen LogP contribution in [0.15, 0.2) is 169 Å². The number of hydrogen-bond acceptors (Lipinski definition) is 4. The third kappa shape index (κ3) is 6.67. The first-order valence-corrected chi connectivity index (χ1v) is 16.8. The normalized spacial score (nSPS) is 13.1. The Morgan fingerprint density at radius 3 is 1.61 bits per heavy atom. The van der Waals surface area contributed by atoms with Gasteiger partial charge in [-0.05, 0) is 53.1 Å². The Hall–Kier alpha value is -5.78. The van der Waals surface area contributed by atoms with E-state index in [0.717, 1.165) is 68.9 Å². The monoisotopic (exact) mass is 642 g/mol. The fourth-order valence-corrected chi connectivity index (χ4v) is 6.90. The minimum absolute atomic E-state index is 0.267. The Morgan fingerprint density at radius 2 is 1.14 bits per heavy atom. The third-order valence-corrected chi connectivity index (χ3v) is 9.21. The molecule has 1 atom stereocenters. The molecule has 0 spiro atoms. The number of ether oxygens (including phenoxy) is 1. The van der Waals surface area contributed by atoms with Crippen LogP contribution in [0.4, 0.5) is 5.69 Å². The predicted molar refractivity (Wildman–Crippen MR) is 196 cm³/mol. The summed E-state index contributed by atoms with van der Waals surface area (Å²) >= 11 is 0. The van der Waals surface area contributed by atoms with Crippen molar-refractivity contribution in [3.8, 4) is 5.75 Å². The van der Waals surface area contributed by atoms with Gasteiger partial charge >= 0.3 is 5.97 Å². The molecule has 1 aliphatic heterocycles. The van der Waals surface area contributed by atoms with Gasteiger partial charge in [-0.15, -0.1) is 0 Å². The number of carboxylic acid groups (broad SMARTS) is 1. The van der Waals surface area contributed by atoms with E-state index in [1.807, 2.05) is 103 Å². The van der Waals surface area contributed by atoms with Crippen LogP contribution in [0.1, 0.15) is 45.4 Å². The molecule has 0 radical (unpaired) electrons. The van der Waals surface area contributed by atoms with Gasteiger partial charge in [-0.3, -0.25) is 10.1 Å². The number of carbonyl (C=O) groups is 1. The quantitative estimate of drug-likeness (QED) is 0.110. The Labute approximate surface area is 287 Å². The molecular weight excluding hydrogens is 604 g/mol. The third-order valence-electron chi connectivity index (χ3n) is 9.21. The molecule has 0 fully saturated rings. The van der Waals surface area contributed by atoms with Gasteiger partial charge in [-0.25, -0.2) is 4.99 Å². The summed E-state index contributed by atoms with van der Waals surface area (Å²) in [6, 6.07) is 53.7. The number of rotatable bonds is 11. The van der Waals surface area contributed by atoms with Crippen molar-refractivity contribution in [2.45, 2.75) is 30.8 Å². The highest BCUT2D eigenvalue weighted by Gasteiger charge is 2.40. The van der Waals surface area contributed by atoms with E-state index < -0.39 is 17.6 Å². The van der Waals surface area contributed by atoms with Crippen molar-refractivity contribution in [3.05, 3.63) is 203 Å². The minimum atomic E-state index is -0.926. The molecule has 242 valence electrons. The van der Waals surface area contributed by atoms with Crippen molar-refractivity contribution < 1.29 is 14.6 Å². The molecule has 7 rings (SSSR count). The van der Waals surface area contributed by atoms with Crippen molar-refractivity contribution in [2.24, 2.45) is 4.99 Å². The van der Waals surface area contributed by atoms with Gasteiger partial charge in [0.15, 0.2) is 0 Å². The maximum absolute atomic E-state index is 13.3. The van der Waals surface area contributed by atoms with Gasteiger partial charge < -0.3 is 9.84 Å². The molecule has 0 aliphatic carbocycles. The Bertz CT molecular complexity index is 1890. The topological polar surface area (TPSA) is 70.9 Å². The van der Waals surface area contributed by atoms with Crippen molar-refractivity contribution in [3.63, 3.8) is 0 Å². The van der Waals surface area contributed by atoms with E-state index in [4.69, 9.17) is 9.73 Å². The Morgan fingerprint density at radius 1 is 0.673 bits per heavy atom. The molecule has 0 saturated heterocycles. The lowest BCUT2D eigenvalue weighted by molar-refractivity contribution is -0.139. The molecule has 0 amide bonds. The van der Waals surface area contributed by atoms with Crippen LogP contribution < -0.4 is 10.1 Å². The summed E-state index contributed by atoms with van der Waals surface area (Å²) in [7, 11) is 0. The summed E-state index contributed by atoms with van der Waals surface area (Å²) in [4.78, 5) is 18.5. The molecule has 49 heavy (non-hydrogen) atoms. The van der Waals surface area contributed by atoms with Gasteiger partial charge in [0.05, 0.1) is 17.9 Å². The number of carboxylic acids is 1. The van der Waals surface area contributed by atoms with Crippen molar-refractivity contribution in [1.82, 2.24) is 5.32 Å². The summed E-state index contributed by atoms with van der Waals surface area (Å²) in [5, 5.41) is 14.5. The van der Waals surface area contributed by atoms with Crippen LogP contribution in [0.3, 0.4) is 0 Å². The smallest absolute Gasteiger partial charge is 0.321 e. The van der Waals surface area contributed by atoms with Crippen LogP contribution in [0, 0.1) is 0 Å². The van der Waals surface area contributed by atoms with Gasteiger partial charge in [0.1, 0.15) is 17.5 Å². The molecule has 1 heterocycles. The molecule has 6 aromatic rings. The SMILES string of the molecule is O=C(O)C(Cc1ccc(N=C(c2ccccc2)c2ccccc2)c2c1CCCO2)NC(c1ccccc1)(c1ccccc1)c1ccccc1. The van der Waals surface area contributed by atoms with Gasteiger partial charge in [0.2, 0.25) is 0 Å². The van der Waals surface area contributed by atoms with Crippen LogP contribution >= 0.6 is 0 Å². The summed E-state index contributed by atoms with van der Waals surface area (Å²) in [5.41, 5.74) is 7.54. The number of nitrogens with zero attached hydrogens (tertiary/aromatic N) is 1. The van der Waals surface area contributed by atoms with Crippen molar-refractivity contribution in [2.75, 3.05) is 6.61 Å². The number of aliphatic imine (C=N–C) groups is 1. The van der Waals surface area contributed by atoms with Crippen LogP contribution in [-0.2, 0) is 23.2 Å². The molecule has 5 heteroatoms. The first-order valence-electron chi connectivity index (χ1n) is 16.8. The Kier molecular flexibility index (Phi) is 9.44. The van der Waals surface area contributed by atoms with Crippen LogP contribution in [0.25, 0.3) is 0 Å². The zero-order chi connectivity index (χ0) is 33.5. The first kappa shape index (κ1) is 31.8. The second-order valence-electron chi connectivity index (χ2n) is 12.3. The molecule has 5 nitrogen and oxygen atoms in total. The van der Waals surface area contributed by atoms with Gasteiger partial charge in [0.25, 0.3) is 0 Å². The molecule has 0 aromatic heterocycles. The maximum atomic E-state index is 13.3. The average molecular weight is 643 g/mol. The fourth-order valence-electron chi connectivity index (χ4n) is 6.90. The van der Waals surface area contributed by atoms with E-state index in [9.17, 15) is 9.90 Å². The summed E-state index contributed by atoms with van der Waals surface area (Å²) < 4.78 is 6.34. The van der Waals surface area contributed by atoms with Crippen LogP contribution in [-0.4, -0.2) is 29.4 Å². The molecule has 2 N–H and O–H groups in total. The number of fused-ring (bicyclic) bond motifs is 1. The molecular formula is C44H38N2O3. The zero-order valence-corrected chi connectivity index (χ0v) is 27.2. The number of benzene rings is 6. The van der Waals surface area contributed by atoms with E-state index in [1.165, 1.54) is 0 Å². The van der Waals surface area contributed by atoms with Crippen molar-refractivity contribution >= 4 is 17.4 Å². The lowest BCUT2D eigenvalue weighted by Crippen LogP contribution is -2.53. The van der Waals surface area contributed by atoms with E-state index in [-0.39, 0.29) is 6.42 Å². The van der Waals surface area contributed by atoms with E-state index >= 15 is 0 Å². The summed E-state index contributed by atoms with van der Waals surface area (Å²) in [6.07, 6.45) is 1.90. The van der Waals surface area contributed by atoms with E-state index in [1.54, 1.807) is 0 Å². The van der Waals surface area contributed by atoms with Gasteiger partial charge in [0, 0.05) is 11.1 Å². The van der Waals surface area contributed by atoms with Gasteiger partial charge in [-0.2, -0.15) is 0 Å². The summed E-state index contributed by atoms with van der Waals surface area (Å²) in [6.45, 7) is 0.588. The zero-order valence-electron chi connectivity index (χ0n) is 27.2. The highest BCUT2D eigenvalue weighted by atomic mass is 16.5. The molecule has 0 saturated carbocycles. The highest BCUT2D eigenvalue weighted by Crippen LogP contribution is 2.41. The number of aliphatic carboxylic acids is 1. The molecule has 6 aromatic carbocycles. The lowest BCUT2D eigenvalue weighted by atomic mass is 9.76. The second kappa shape index (κ2) is 14.5. The van der Waals surface area contributed by atoms with Crippen LogP contribution in [0.2, 0.25) is 0 Å². The van der Waals surface area contributed by atoms with E-state index in [2.05, 4.69) is 66.0 Å². The fraction of sp³-hybridized carbons (Fsp3) is 0.136. The molecule has 1 aliphatic rings. The highest BCUT2D eigenvalue weighted by molar-refractivity contribution is 6.14. The number of nitrogens with one attached hydrogen (secondary N) is 1. The van der Waals surface area contributed by atoms with E-state index in [0.29, 0.717) is 6.61 Å². The van der Waals surface area contributed by atoms with Crippen LogP contribution in [0.5, 0.6) is 5.75 Å². The second-order valence-corrected chi connectivity index (χ2v) is 12.3. The minimum Gasteiger partial charge on any atom is -0.491 e. The lowest BCUT2D eigenvalue weighted by Gasteiger charge is -2.39. The predicted octanol–water partition coefficient (Wildman–Crippen LogP) is 8.76. The van der Waals surface area contributed by atoms with Crippen molar-refractivity contribution in [1.29, 1.82) is 0 Å². The maximum Gasteiger partial charge on any atom is 0.321 e. The van der Waals surface area contributed by atoms with Gasteiger partial charge in [-0.1, -0.05) is 158 Å². The molecule has 1 unspecified atom stereocenters. The summed E-state index contributed by atoms with van der Waals surface area (Å²) in [5.74, 6) is -0.187. The largest absolute Gasteiger partial charge is 0.491 e. The first-order chi connectivity index (χ1) is 24.1. The number of hydrogen-bond donors (Lipinski definition) is 2. The average Bonchev–Trinajstić information content (AvgIpc) is 3.17. The molecule has 0 bridgehead atoms. The standard InChI is InChI=1S/C44H38N2O3/c47-43(48)40(46-44(35-21-10-3-11-22-35,36-23-12-4-13-24-36)37-25-14-5-15-26-37)31-34-28-29-39(42-38(34)27-16-30-49-42)45-41(32-17-6-1-7-18-32)33-19-8-2-9-20-33/h1-15,17-26,28-29,40,46H,16,27,30-31H2,(H,47,48).